The number of hydrogen-bond donors (Lipinski definition) is 1. The largest absolute Gasteiger partial charge is 0.378 e. The first-order valence-electron chi connectivity index (χ1n) is 5.85. The van der Waals surface area contributed by atoms with Crippen molar-refractivity contribution in [1.82, 2.24) is 10.3 Å². The Morgan fingerprint density at radius 2 is 2.32 bits per heavy atom. The Kier molecular flexibility index (Phi) is 5.36. The van der Waals surface area contributed by atoms with Crippen LogP contribution in [-0.2, 0) is 4.74 Å². The maximum atomic E-state index is 5.47. The van der Waals surface area contributed by atoms with Crippen molar-refractivity contribution in [3.8, 4) is 11.3 Å². The fourth-order valence-corrected chi connectivity index (χ4v) is 3.24. The van der Waals surface area contributed by atoms with Crippen molar-refractivity contribution in [3.63, 3.8) is 0 Å². The Balaban J connectivity index is 0.00000133. The molecule has 1 unspecified atom stereocenters. The van der Waals surface area contributed by atoms with Crippen molar-refractivity contribution in [2.45, 2.75) is 6.04 Å². The van der Waals surface area contributed by atoms with Crippen LogP contribution in [-0.4, -0.2) is 24.7 Å². The molecule has 1 N–H and O–H groups in total. The number of nitrogens with one attached hydrogen (secondary N) is 1. The summed E-state index contributed by atoms with van der Waals surface area (Å²) in [7, 11) is 0. The van der Waals surface area contributed by atoms with Gasteiger partial charge in [-0.05, 0) is 12.1 Å². The zero-order valence-corrected chi connectivity index (χ0v) is 13.4. The van der Waals surface area contributed by atoms with Gasteiger partial charge in [-0.25, -0.2) is 4.98 Å². The maximum absolute atomic E-state index is 5.47. The third-order valence-corrected chi connectivity index (χ3v) is 4.31. The number of thiazole rings is 1. The number of rotatable bonds is 2. The summed E-state index contributed by atoms with van der Waals surface area (Å²) >= 11 is 5.17. The van der Waals surface area contributed by atoms with E-state index in [1.807, 2.05) is 12.1 Å². The van der Waals surface area contributed by atoms with Crippen molar-refractivity contribution in [2.75, 3.05) is 19.8 Å². The van der Waals surface area contributed by atoms with Crippen molar-refractivity contribution < 1.29 is 4.74 Å². The second-order valence-electron chi connectivity index (χ2n) is 4.16. The lowest BCUT2D eigenvalue weighted by molar-refractivity contribution is 0.0768. The summed E-state index contributed by atoms with van der Waals surface area (Å²) in [6.07, 6.45) is 0. The summed E-state index contributed by atoms with van der Waals surface area (Å²) < 4.78 is 6.54. The van der Waals surface area contributed by atoms with Gasteiger partial charge < -0.3 is 10.1 Å². The van der Waals surface area contributed by atoms with Gasteiger partial charge in [0.15, 0.2) is 0 Å². The molecular formula is C13H14BrClN2OS. The van der Waals surface area contributed by atoms with E-state index in [0.717, 1.165) is 33.9 Å². The Labute approximate surface area is 130 Å². The molecule has 2 heterocycles. The molecule has 102 valence electrons. The summed E-state index contributed by atoms with van der Waals surface area (Å²) in [5.41, 5.74) is 2.17. The van der Waals surface area contributed by atoms with E-state index in [4.69, 9.17) is 9.72 Å². The van der Waals surface area contributed by atoms with Gasteiger partial charge in [0, 0.05) is 22.0 Å². The molecule has 1 aromatic heterocycles. The first-order valence-corrected chi connectivity index (χ1v) is 7.53. The summed E-state index contributed by atoms with van der Waals surface area (Å²) in [6, 6.07) is 8.45. The molecule has 3 rings (SSSR count). The summed E-state index contributed by atoms with van der Waals surface area (Å²) in [5, 5.41) is 6.63. The molecule has 1 aromatic carbocycles. The fourth-order valence-electron chi connectivity index (χ4n) is 1.95. The van der Waals surface area contributed by atoms with E-state index in [9.17, 15) is 0 Å². The number of morpholine rings is 1. The average molecular weight is 362 g/mol. The molecule has 0 spiro atoms. The minimum atomic E-state index is 0. The number of nitrogens with zero attached hydrogens (tertiary/aromatic N) is 1. The van der Waals surface area contributed by atoms with Gasteiger partial charge >= 0.3 is 0 Å². The van der Waals surface area contributed by atoms with E-state index in [0.29, 0.717) is 6.61 Å². The number of benzene rings is 1. The highest BCUT2D eigenvalue weighted by molar-refractivity contribution is 9.10. The van der Waals surface area contributed by atoms with Gasteiger partial charge in [-0.3, -0.25) is 0 Å². The minimum absolute atomic E-state index is 0. The molecule has 0 aliphatic carbocycles. The maximum Gasteiger partial charge on any atom is 0.113 e. The zero-order valence-electron chi connectivity index (χ0n) is 10.1. The number of ether oxygens (including phenoxy) is 1. The van der Waals surface area contributed by atoms with E-state index in [2.05, 4.69) is 38.8 Å². The van der Waals surface area contributed by atoms with Crippen molar-refractivity contribution in [1.29, 1.82) is 0 Å². The molecule has 1 aliphatic rings. The first-order chi connectivity index (χ1) is 8.83. The van der Waals surface area contributed by atoms with Crippen LogP contribution in [0.1, 0.15) is 11.0 Å². The topological polar surface area (TPSA) is 34.1 Å². The van der Waals surface area contributed by atoms with E-state index in [-0.39, 0.29) is 18.4 Å². The molecule has 2 aromatic rings. The second-order valence-corrected chi connectivity index (χ2v) is 5.97. The third kappa shape index (κ3) is 3.55. The van der Waals surface area contributed by atoms with Gasteiger partial charge in [-0.2, -0.15) is 0 Å². The number of aromatic nitrogens is 1. The first kappa shape index (κ1) is 14.9. The van der Waals surface area contributed by atoms with Crippen LogP contribution in [0.15, 0.2) is 34.1 Å². The lowest BCUT2D eigenvalue weighted by atomic mass is 10.2. The Morgan fingerprint density at radius 3 is 3.05 bits per heavy atom. The van der Waals surface area contributed by atoms with Gasteiger partial charge in [0.05, 0.1) is 24.9 Å². The van der Waals surface area contributed by atoms with E-state index in [1.54, 1.807) is 11.3 Å². The molecule has 1 fully saturated rings. The van der Waals surface area contributed by atoms with Crippen LogP contribution in [0, 0.1) is 0 Å². The Bertz CT molecular complexity index is 543. The highest BCUT2D eigenvalue weighted by Gasteiger charge is 2.18. The van der Waals surface area contributed by atoms with Gasteiger partial charge in [0.2, 0.25) is 0 Å². The molecule has 6 heteroatoms. The van der Waals surface area contributed by atoms with Crippen molar-refractivity contribution in [3.05, 3.63) is 39.1 Å². The molecule has 1 aliphatic heterocycles. The Morgan fingerprint density at radius 1 is 1.42 bits per heavy atom. The Hall–Kier alpha value is -0.460. The molecule has 0 amide bonds. The van der Waals surface area contributed by atoms with Crippen LogP contribution < -0.4 is 5.32 Å². The fraction of sp³-hybridized carbons (Fsp3) is 0.308. The van der Waals surface area contributed by atoms with Crippen LogP contribution in [0.25, 0.3) is 11.3 Å². The smallest absolute Gasteiger partial charge is 0.113 e. The SMILES string of the molecule is Brc1cccc(-c2csc(C3COCCN3)n2)c1.Cl. The van der Waals surface area contributed by atoms with Gasteiger partial charge in [-0.15, -0.1) is 23.7 Å². The summed E-state index contributed by atoms with van der Waals surface area (Å²) in [5.74, 6) is 0. The van der Waals surface area contributed by atoms with Crippen LogP contribution in [0.4, 0.5) is 0 Å². The predicted octanol–water partition coefficient (Wildman–Crippen LogP) is 3.66. The molecule has 0 radical (unpaired) electrons. The van der Waals surface area contributed by atoms with Crippen LogP contribution in [0.3, 0.4) is 0 Å². The molecule has 1 saturated heterocycles. The van der Waals surface area contributed by atoms with Gasteiger partial charge in [0.25, 0.3) is 0 Å². The molecular weight excluding hydrogens is 348 g/mol. The molecule has 3 nitrogen and oxygen atoms in total. The van der Waals surface area contributed by atoms with Crippen LogP contribution in [0.2, 0.25) is 0 Å². The van der Waals surface area contributed by atoms with E-state index in [1.165, 1.54) is 0 Å². The quantitative estimate of drug-likeness (QED) is 0.886. The minimum Gasteiger partial charge on any atom is -0.378 e. The number of halogens is 2. The van der Waals surface area contributed by atoms with E-state index >= 15 is 0 Å². The van der Waals surface area contributed by atoms with Gasteiger partial charge in [-0.1, -0.05) is 28.1 Å². The zero-order chi connectivity index (χ0) is 12.4. The molecule has 19 heavy (non-hydrogen) atoms. The molecule has 0 bridgehead atoms. The van der Waals surface area contributed by atoms with Crippen LogP contribution >= 0.6 is 39.7 Å². The van der Waals surface area contributed by atoms with Crippen molar-refractivity contribution >= 4 is 39.7 Å². The average Bonchev–Trinajstić information content (AvgIpc) is 2.89. The monoisotopic (exact) mass is 360 g/mol. The van der Waals surface area contributed by atoms with Crippen LogP contribution in [0.5, 0.6) is 0 Å². The predicted molar refractivity (Wildman–Crippen MR) is 84.1 cm³/mol. The standard InChI is InChI=1S/C13H13BrN2OS.ClH/c14-10-3-1-2-9(6-10)12-8-18-13(16-12)11-7-17-5-4-15-11;/h1-3,6,8,11,15H,4-5,7H2;1H. The molecule has 0 saturated carbocycles. The van der Waals surface area contributed by atoms with E-state index < -0.39 is 0 Å². The summed E-state index contributed by atoms with van der Waals surface area (Å²) in [4.78, 5) is 4.70. The second kappa shape index (κ2) is 6.81. The summed E-state index contributed by atoms with van der Waals surface area (Å²) in [6.45, 7) is 2.41. The van der Waals surface area contributed by atoms with Crippen molar-refractivity contribution in [2.24, 2.45) is 0 Å². The highest BCUT2D eigenvalue weighted by Crippen LogP contribution is 2.27. The lowest BCUT2D eigenvalue weighted by Gasteiger charge is -2.21. The molecule has 1 atom stereocenters. The lowest BCUT2D eigenvalue weighted by Crippen LogP contribution is -2.34. The van der Waals surface area contributed by atoms with Gasteiger partial charge in [0.1, 0.15) is 5.01 Å². The highest BCUT2D eigenvalue weighted by atomic mass is 79.9. The third-order valence-electron chi connectivity index (χ3n) is 2.86. The normalized spacial score (nSPS) is 18.9. The number of hydrogen-bond acceptors (Lipinski definition) is 4.